The number of methoxy groups -OCH3 is 1. The monoisotopic (exact) mass is 345 g/mol. The number of hydrogen-bond donors (Lipinski definition) is 1. The predicted octanol–water partition coefficient (Wildman–Crippen LogP) is 2.21. The molecule has 1 saturated heterocycles. The van der Waals surface area contributed by atoms with E-state index in [9.17, 15) is 0 Å². The van der Waals surface area contributed by atoms with Crippen molar-refractivity contribution in [3.8, 4) is 11.8 Å². The molecule has 2 aromatic rings. The highest BCUT2D eigenvalue weighted by molar-refractivity contribution is 5.29. The van der Waals surface area contributed by atoms with E-state index in [0.717, 1.165) is 18.4 Å². The minimum atomic E-state index is 0.0208. The van der Waals surface area contributed by atoms with Gasteiger partial charge in [0, 0.05) is 0 Å². The quantitative estimate of drug-likeness (QED) is 0.784. The molecule has 0 unspecified atom stereocenters. The second kappa shape index (κ2) is 8.64. The van der Waals surface area contributed by atoms with E-state index in [4.69, 9.17) is 24.7 Å². The molecular weight excluding hydrogens is 322 g/mol. The maximum Gasteiger partial charge on any atom is 0.226 e. The zero-order valence-electron chi connectivity index (χ0n) is 14.3. The smallest absolute Gasteiger partial charge is 0.226 e. The van der Waals surface area contributed by atoms with Crippen LogP contribution in [0.1, 0.15) is 18.4 Å². The second-order valence-electron chi connectivity index (χ2n) is 5.88. The maximum absolute atomic E-state index is 5.95. The van der Waals surface area contributed by atoms with Crippen LogP contribution in [-0.2, 0) is 16.1 Å². The Hall–Kier alpha value is -2.38. The Labute approximate surface area is 147 Å². The van der Waals surface area contributed by atoms with Gasteiger partial charge in [0.05, 0.1) is 38.6 Å². The number of nitrogens with zero attached hydrogens (tertiary/aromatic N) is 2. The van der Waals surface area contributed by atoms with Gasteiger partial charge in [-0.2, -0.15) is 9.97 Å². The number of rotatable bonds is 8. The summed E-state index contributed by atoms with van der Waals surface area (Å²) in [6.07, 6.45) is 2.00. The highest BCUT2D eigenvalue weighted by Gasteiger charge is 2.26. The first-order chi connectivity index (χ1) is 12.2. The molecule has 0 bridgehead atoms. The van der Waals surface area contributed by atoms with Crippen LogP contribution in [0, 0.1) is 0 Å². The largest absolute Gasteiger partial charge is 0.481 e. The molecule has 1 fully saturated rings. The van der Waals surface area contributed by atoms with Crippen molar-refractivity contribution in [1.82, 2.24) is 9.97 Å². The van der Waals surface area contributed by atoms with Crippen LogP contribution in [0.25, 0.3) is 0 Å². The molecule has 0 spiro atoms. The number of nitrogen functional groups attached to an aromatic ring is 1. The highest BCUT2D eigenvalue weighted by atomic mass is 16.6. The van der Waals surface area contributed by atoms with Crippen LogP contribution < -0.4 is 15.2 Å². The van der Waals surface area contributed by atoms with Gasteiger partial charge >= 0.3 is 0 Å². The van der Waals surface area contributed by atoms with Crippen LogP contribution in [0.3, 0.4) is 0 Å². The predicted molar refractivity (Wildman–Crippen MR) is 92.5 cm³/mol. The molecule has 0 aliphatic carbocycles. The molecule has 7 heteroatoms. The first-order valence-electron chi connectivity index (χ1n) is 8.31. The van der Waals surface area contributed by atoms with Crippen LogP contribution in [0.15, 0.2) is 36.4 Å². The SMILES string of the molecule is COc1cc(OC[C@H]2CC[C@@H](COCc3ccccc3)O2)nc(N)n1. The molecule has 2 N–H and O–H groups in total. The van der Waals surface area contributed by atoms with Crippen LogP contribution in [-0.4, -0.2) is 42.5 Å². The van der Waals surface area contributed by atoms with Gasteiger partial charge in [0.15, 0.2) is 0 Å². The second-order valence-corrected chi connectivity index (χ2v) is 5.88. The standard InChI is InChI=1S/C18H23N3O4/c1-22-16-9-17(21-18(19)20-16)24-12-15-8-7-14(25-15)11-23-10-13-5-3-2-4-6-13/h2-6,9,14-15H,7-8,10-12H2,1H3,(H2,19,20,21)/t14-,15+/m0/s1. The fraction of sp³-hybridized carbons (Fsp3) is 0.444. The number of anilines is 1. The molecule has 7 nitrogen and oxygen atoms in total. The Morgan fingerprint density at radius 2 is 1.80 bits per heavy atom. The van der Waals surface area contributed by atoms with Crippen molar-refractivity contribution in [2.24, 2.45) is 0 Å². The van der Waals surface area contributed by atoms with Crippen molar-refractivity contribution < 1.29 is 18.9 Å². The molecule has 0 saturated carbocycles. The molecule has 1 aliphatic rings. The number of aromatic nitrogens is 2. The molecule has 0 radical (unpaired) electrons. The fourth-order valence-corrected chi connectivity index (χ4v) is 2.69. The van der Waals surface area contributed by atoms with E-state index in [1.54, 1.807) is 6.07 Å². The van der Waals surface area contributed by atoms with Crippen molar-refractivity contribution in [3.63, 3.8) is 0 Å². The molecule has 134 valence electrons. The summed E-state index contributed by atoms with van der Waals surface area (Å²) in [4.78, 5) is 7.95. The number of benzene rings is 1. The fourth-order valence-electron chi connectivity index (χ4n) is 2.69. The molecular formula is C18H23N3O4. The lowest BCUT2D eigenvalue weighted by Gasteiger charge is -2.15. The van der Waals surface area contributed by atoms with E-state index in [0.29, 0.717) is 31.6 Å². The molecule has 2 atom stereocenters. The summed E-state index contributed by atoms with van der Waals surface area (Å²) in [5.74, 6) is 0.882. The van der Waals surface area contributed by atoms with Gasteiger partial charge in [0.1, 0.15) is 6.61 Å². The molecule has 25 heavy (non-hydrogen) atoms. The van der Waals surface area contributed by atoms with Gasteiger partial charge in [-0.05, 0) is 18.4 Å². The average molecular weight is 345 g/mol. The molecule has 2 heterocycles. The number of hydrogen-bond acceptors (Lipinski definition) is 7. The molecule has 1 aromatic heterocycles. The van der Waals surface area contributed by atoms with Crippen molar-refractivity contribution in [1.29, 1.82) is 0 Å². The normalized spacial score (nSPS) is 19.7. The Bertz CT molecular complexity index is 669. The summed E-state index contributed by atoms with van der Waals surface area (Å²) in [6.45, 7) is 1.59. The van der Waals surface area contributed by atoms with Gasteiger partial charge in [0.25, 0.3) is 0 Å². The minimum Gasteiger partial charge on any atom is -0.481 e. The van der Waals surface area contributed by atoms with Crippen LogP contribution in [0.5, 0.6) is 11.8 Å². The third kappa shape index (κ3) is 5.30. The third-order valence-corrected chi connectivity index (χ3v) is 3.93. The van der Waals surface area contributed by atoms with Crippen molar-refractivity contribution in [2.45, 2.75) is 31.7 Å². The zero-order chi connectivity index (χ0) is 17.5. The van der Waals surface area contributed by atoms with Gasteiger partial charge in [-0.1, -0.05) is 30.3 Å². The van der Waals surface area contributed by atoms with Crippen molar-refractivity contribution >= 4 is 5.95 Å². The summed E-state index contributed by atoms with van der Waals surface area (Å²) in [6, 6.07) is 11.7. The summed E-state index contributed by atoms with van der Waals surface area (Å²) in [5, 5.41) is 0. The molecule has 1 aromatic carbocycles. The van der Waals surface area contributed by atoms with Gasteiger partial charge < -0.3 is 24.7 Å². The minimum absolute atomic E-state index is 0.0208. The summed E-state index contributed by atoms with van der Waals surface area (Å²) in [7, 11) is 1.52. The Kier molecular flexibility index (Phi) is 6.03. The number of nitrogens with two attached hydrogens (primary N) is 1. The van der Waals surface area contributed by atoms with E-state index in [1.165, 1.54) is 7.11 Å². The third-order valence-electron chi connectivity index (χ3n) is 3.93. The van der Waals surface area contributed by atoms with Gasteiger partial charge in [-0.15, -0.1) is 0 Å². The van der Waals surface area contributed by atoms with E-state index >= 15 is 0 Å². The van der Waals surface area contributed by atoms with Gasteiger partial charge in [-0.3, -0.25) is 0 Å². The lowest BCUT2D eigenvalue weighted by Crippen LogP contribution is -2.21. The van der Waals surface area contributed by atoms with E-state index in [2.05, 4.69) is 9.97 Å². The van der Waals surface area contributed by atoms with E-state index in [-0.39, 0.29) is 18.2 Å². The lowest BCUT2D eigenvalue weighted by molar-refractivity contribution is -0.0323. The zero-order valence-corrected chi connectivity index (χ0v) is 14.3. The highest BCUT2D eigenvalue weighted by Crippen LogP contribution is 2.22. The van der Waals surface area contributed by atoms with Crippen molar-refractivity contribution in [3.05, 3.63) is 42.0 Å². The molecule has 3 rings (SSSR count). The Balaban J connectivity index is 1.39. The van der Waals surface area contributed by atoms with Gasteiger partial charge in [-0.25, -0.2) is 0 Å². The molecule has 0 amide bonds. The van der Waals surface area contributed by atoms with E-state index in [1.807, 2.05) is 30.3 Å². The van der Waals surface area contributed by atoms with E-state index < -0.39 is 0 Å². The topological polar surface area (TPSA) is 88.7 Å². The lowest BCUT2D eigenvalue weighted by atomic mass is 10.2. The average Bonchev–Trinajstić information content (AvgIpc) is 3.08. The summed E-state index contributed by atoms with van der Waals surface area (Å²) in [5.41, 5.74) is 6.78. The summed E-state index contributed by atoms with van der Waals surface area (Å²) < 4.78 is 22.4. The first-order valence-corrected chi connectivity index (χ1v) is 8.31. The van der Waals surface area contributed by atoms with Crippen LogP contribution in [0.2, 0.25) is 0 Å². The molecule has 1 aliphatic heterocycles. The van der Waals surface area contributed by atoms with Crippen LogP contribution in [0.4, 0.5) is 5.95 Å². The van der Waals surface area contributed by atoms with Crippen LogP contribution >= 0.6 is 0 Å². The first kappa shape index (κ1) is 17.4. The van der Waals surface area contributed by atoms with Gasteiger partial charge in [0.2, 0.25) is 17.7 Å². The number of ether oxygens (including phenoxy) is 4. The van der Waals surface area contributed by atoms with Crippen molar-refractivity contribution in [2.75, 3.05) is 26.1 Å². The Morgan fingerprint density at radius 3 is 2.56 bits per heavy atom. The Morgan fingerprint density at radius 1 is 1.08 bits per heavy atom. The summed E-state index contributed by atoms with van der Waals surface area (Å²) >= 11 is 0. The maximum atomic E-state index is 5.95.